The van der Waals surface area contributed by atoms with Crippen molar-refractivity contribution in [1.82, 2.24) is 9.97 Å². The number of aliphatic hydroxyl groups excluding tert-OH is 1. The van der Waals surface area contributed by atoms with E-state index in [0.29, 0.717) is 5.82 Å². The zero-order chi connectivity index (χ0) is 15.5. The van der Waals surface area contributed by atoms with Crippen molar-refractivity contribution in [3.05, 3.63) is 42.7 Å². The quantitative estimate of drug-likeness (QED) is 0.668. The van der Waals surface area contributed by atoms with Gasteiger partial charge in [0, 0.05) is 4.88 Å². The van der Waals surface area contributed by atoms with Crippen molar-refractivity contribution >= 4 is 33.3 Å². The minimum absolute atomic E-state index is 0.407. The van der Waals surface area contributed by atoms with E-state index in [4.69, 9.17) is 10.2 Å². The molecule has 7 heteroatoms. The van der Waals surface area contributed by atoms with Crippen molar-refractivity contribution in [3.63, 3.8) is 0 Å². The van der Waals surface area contributed by atoms with Gasteiger partial charge in [0.15, 0.2) is 0 Å². The molecular formula is C15H13N3O3S. The predicted octanol–water partition coefficient (Wildman–Crippen LogP) is 2.22. The molecule has 22 heavy (non-hydrogen) atoms. The van der Waals surface area contributed by atoms with Crippen molar-refractivity contribution in [2.45, 2.75) is 6.04 Å². The van der Waals surface area contributed by atoms with Crippen LogP contribution < -0.4 is 5.32 Å². The largest absolute Gasteiger partial charge is 0.480 e. The summed E-state index contributed by atoms with van der Waals surface area (Å²) < 4.78 is 0. The van der Waals surface area contributed by atoms with Gasteiger partial charge in [0.25, 0.3) is 0 Å². The average molecular weight is 315 g/mol. The minimum Gasteiger partial charge on any atom is -0.480 e. The lowest BCUT2D eigenvalue weighted by atomic mass is 10.2. The molecule has 0 saturated heterocycles. The lowest BCUT2D eigenvalue weighted by Gasteiger charge is -2.12. The number of thiophene rings is 1. The highest BCUT2D eigenvalue weighted by molar-refractivity contribution is 7.21. The van der Waals surface area contributed by atoms with Gasteiger partial charge in [-0.3, -0.25) is 0 Å². The fraction of sp³-hybridized carbons (Fsp3) is 0.133. The van der Waals surface area contributed by atoms with Gasteiger partial charge in [-0.15, -0.1) is 11.3 Å². The first-order chi connectivity index (χ1) is 10.7. The van der Waals surface area contributed by atoms with Gasteiger partial charge >= 0.3 is 5.97 Å². The van der Waals surface area contributed by atoms with Gasteiger partial charge in [-0.1, -0.05) is 30.3 Å². The first-order valence-corrected chi connectivity index (χ1v) is 7.41. The summed E-state index contributed by atoms with van der Waals surface area (Å²) in [6.45, 7) is -0.517. The third-order valence-corrected chi connectivity index (χ3v) is 4.27. The molecule has 2 heterocycles. The summed E-state index contributed by atoms with van der Waals surface area (Å²) in [4.78, 5) is 21.1. The second kappa shape index (κ2) is 6.08. The number of nitrogens with one attached hydrogen (secondary N) is 1. The van der Waals surface area contributed by atoms with Gasteiger partial charge in [0.1, 0.15) is 23.0 Å². The molecular weight excluding hydrogens is 302 g/mol. The number of carboxylic acid groups (broad SMARTS) is 1. The van der Waals surface area contributed by atoms with E-state index in [2.05, 4.69) is 15.3 Å². The number of rotatable bonds is 5. The number of fused-ring (bicyclic) bond motifs is 1. The van der Waals surface area contributed by atoms with Gasteiger partial charge in [-0.05, 0) is 11.6 Å². The van der Waals surface area contributed by atoms with Crippen LogP contribution in [0.2, 0.25) is 0 Å². The number of carboxylic acids is 1. The Morgan fingerprint density at radius 2 is 2.05 bits per heavy atom. The lowest BCUT2D eigenvalue weighted by Crippen LogP contribution is -2.33. The molecule has 112 valence electrons. The first-order valence-electron chi connectivity index (χ1n) is 6.59. The van der Waals surface area contributed by atoms with Crippen molar-refractivity contribution in [1.29, 1.82) is 0 Å². The monoisotopic (exact) mass is 315 g/mol. The highest BCUT2D eigenvalue weighted by Gasteiger charge is 2.18. The van der Waals surface area contributed by atoms with E-state index >= 15 is 0 Å². The van der Waals surface area contributed by atoms with Crippen LogP contribution in [-0.4, -0.2) is 38.8 Å². The van der Waals surface area contributed by atoms with Crippen molar-refractivity contribution in [3.8, 4) is 10.4 Å². The zero-order valence-electron chi connectivity index (χ0n) is 11.4. The van der Waals surface area contributed by atoms with Crippen LogP contribution in [0.4, 0.5) is 5.82 Å². The molecule has 0 aliphatic carbocycles. The third-order valence-electron chi connectivity index (χ3n) is 3.18. The molecule has 1 atom stereocenters. The molecule has 0 aliphatic rings. The van der Waals surface area contributed by atoms with E-state index in [1.54, 1.807) is 0 Å². The lowest BCUT2D eigenvalue weighted by molar-refractivity contribution is -0.138. The van der Waals surface area contributed by atoms with Gasteiger partial charge in [-0.2, -0.15) is 0 Å². The van der Waals surface area contributed by atoms with Crippen LogP contribution >= 0.6 is 11.3 Å². The first kappa shape index (κ1) is 14.4. The predicted molar refractivity (Wildman–Crippen MR) is 85.0 cm³/mol. The molecule has 6 nitrogen and oxygen atoms in total. The molecule has 0 fully saturated rings. The number of aliphatic carboxylic acids is 1. The Kier molecular flexibility index (Phi) is 3.99. The molecule has 0 aliphatic heterocycles. The van der Waals surface area contributed by atoms with Crippen molar-refractivity contribution < 1.29 is 15.0 Å². The molecule has 0 saturated carbocycles. The molecule has 0 bridgehead atoms. The Balaban J connectivity index is 2.02. The number of aliphatic hydroxyl groups is 1. The van der Waals surface area contributed by atoms with Crippen LogP contribution in [0, 0.1) is 0 Å². The average Bonchev–Trinajstić information content (AvgIpc) is 2.98. The molecule has 3 N–H and O–H groups in total. The van der Waals surface area contributed by atoms with Crippen LogP contribution in [0.5, 0.6) is 0 Å². The molecule has 3 aromatic rings. The maximum Gasteiger partial charge on any atom is 0.328 e. The number of anilines is 1. The normalized spacial score (nSPS) is 12.2. The van der Waals surface area contributed by atoms with Crippen LogP contribution in [0.25, 0.3) is 20.7 Å². The Bertz CT molecular complexity index is 804. The summed E-state index contributed by atoms with van der Waals surface area (Å²) >= 11 is 1.51. The summed E-state index contributed by atoms with van der Waals surface area (Å²) in [6.07, 6.45) is 1.38. The molecule has 0 spiro atoms. The van der Waals surface area contributed by atoms with Crippen LogP contribution in [-0.2, 0) is 4.79 Å². The van der Waals surface area contributed by atoms with Gasteiger partial charge < -0.3 is 15.5 Å². The zero-order valence-corrected chi connectivity index (χ0v) is 12.2. The summed E-state index contributed by atoms with van der Waals surface area (Å²) in [6, 6.07) is 10.7. The fourth-order valence-electron chi connectivity index (χ4n) is 2.07. The van der Waals surface area contributed by atoms with Gasteiger partial charge in [-0.25, -0.2) is 14.8 Å². The maximum atomic E-state index is 11.0. The highest BCUT2D eigenvalue weighted by Crippen LogP contribution is 2.34. The Morgan fingerprint density at radius 1 is 1.27 bits per heavy atom. The van der Waals surface area contributed by atoms with Crippen LogP contribution in [0.1, 0.15) is 0 Å². The summed E-state index contributed by atoms with van der Waals surface area (Å²) in [5, 5.41) is 21.6. The van der Waals surface area contributed by atoms with E-state index in [-0.39, 0.29) is 0 Å². The van der Waals surface area contributed by atoms with Gasteiger partial charge in [0.2, 0.25) is 0 Å². The summed E-state index contributed by atoms with van der Waals surface area (Å²) in [5.41, 5.74) is 1.06. The highest BCUT2D eigenvalue weighted by atomic mass is 32.1. The second-order valence-corrected chi connectivity index (χ2v) is 5.67. The molecule has 0 amide bonds. The maximum absolute atomic E-state index is 11.0. The van der Waals surface area contributed by atoms with Crippen molar-refractivity contribution in [2.75, 3.05) is 11.9 Å². The molecule has 1 aromatic carbocycles. The van der Waals surface area contributed by atoms with E-state index in [9.17, 15) is 4.79 Å². The number of nitrogens with zero attached hydrogens (tertiary/aromatic N) is 2. The fourth-order valence-corrected chi connectivity index (χ4v) is 3.07. The Morgan fingerprint density at radius 3 is 2.73 bits per heavy atom. The minimum atomic E-state index is -1.13. The number of hydrogen-bond donors (Lipinski definition) is 3. The topological polar surface area (TPSA) is 95.3 Å². The molecule has 3 rings (SSSR count). The van der Waals surface area contributed by atoms with Gasteiger partial charge in [0.05, 0.1) is 12.0 Å². The Hall–Kier alpha value is -2.51. The smallest absolute Gasteiger partial charge is 0.328 e. The third kappa shape index (κ3) is 2.76. The number of aromatic nitrogens is 2. The van der Waals surface area contributed by atoms with E-state index in [1.165, 1.54) is 17.7 Å². The SMILES string of the molecule is O=C(O)[C@H](CO)Nc1ncnc2sc(-c3ccccc3)cc12. The van der Waals surface area contributed by atoms with E-state index in [0.717, 1.165) is 20.7 Å². The molecule has 0 unspecified atom stereocenters. The second-order valence-electron chi connectivity index (χ2n) is 4.64. The summed E-state index contributed by atoms with van der Waals surface area (Å²) in [5.74, 6) is -0.724. The van der Waals surface area contributed by atoms with Crippen molar-refractivity contribution in [2.24, 2.45) is 0 Å². The molecule has 0 radical (unpaired) electrons. The number of benzene rings is 1. The Labute approximate surface area is 130 Å². The molecule has 2 aromatic heterocycles. The standard InChI is InChI=1S/C15H13N3O3S/c19-7-11(15(20)21)18-13-10-6-12(9-4-2-1-3-5-9)22-14(10)17-8-16-13/h1-6,8,11,19H,7H2,(H,20,21)(H,16,17,18)/t11-/m0/s1. The number of carbonyl (C=O) groups is 1. The van der Waals surface area contributed by atoms with E-state index in [1.807, 2.05) is 36.4 Å². The van der Waals surface area contributed by atoms with Crippen LogP contribution in [0.3, 0.4) is 0 Å². The number of hydrogen-bond acceptors (Lipinski definition) is 6. The summed E-state index contributed by atoms with van der Waals surface area (Å²) in [7, 11) is 0. The van der Waals surface area contributed by atoms with E-state index < -0.39 is 18.6 Å². The van der Waals surface area contributed by atoms with Crippen LogP contribution in [0.15, 0.2) is 42.7 Å².